The lowest BCUT2D eigenvalue weighted by molar-refractivity contribution is -0.525. The largest absolute Gasteiger partial charge is 0.300 e. The third-order valence-corrected chi connectivity index (χ3v) is 2.24. The minimum absolute atomic E-state index is 0.0305. The van der Waals surface area contributed by atoms with E-state index < -0.39 is 6.04 Å². The standard InChI is InChI=1S/C9H17NO3/c1-4-5-9(10(12)13)6-7(2)8(3)11/h7,9H,4-6H2,1-3H3. The Bertz CT molecular complexity index is 191. The predicted molar refractivity (Wildman–Crippen MR) is 50.2 cm³/mol. The molecule has 0 rings (SSSR count). The predicted octanol–water partition coefficient (Wildman–Crippen LogP) is 2.05. The van der Waals surface area contributed by atoms with Crippen molar-refractivity contribution >= 4 is 5.78 Å². The Morgan fingerprint density at radius 1 is 1.54 bits per heavy atom. The van der Waals surface area contributed by atoms with E-state index in [2.05, 4.69) is 0 Å². The van der Waals surface area contributed by atoms with Gasteiger partial charge in [-0.25, -0.2) is 0 Å². The summed E-state index contributed by atoms with van der Waals surface area (Å²) in [4.78, 5) is 21.2. The maximum Gasteiger partial charge on any atom is 0.213 e. The zero-order valence-corrected chi connectivity index (χ0v) is 8.45. The van der Waals surface area contributed by atoms with E-state index in [1.165, 1.54) is 6.92 Å². The molecular formula is C9H17NO3. The van der Waals surface area contributed by atoms with E-state index in [0.29, 0.717) is 12.8 Å². The summed E-state index contributed by atoms with van der Waals surface area (Å²) in [7, 11) is 0. The average Bonchev–Trinajstić information content (AvgIpc) is 2.03. The number of hydrogen-bond donors (Lipinski definition) is 0. The fourth-order valence-electron chi connectivity index (χ4n) is 1.22. The second kappa shape index (κ2) is 5.67. The topological polar surface area (TPSA) is 60.2 Å². The maximum absolute atomic E-state index is 10.9. The first-order chi connectivity index (χ1) is 5.99. The van der Waals surface area contributed by atoms with E-state index in [1.807, 2.05) is 6.92 Å². The molecule has 0 aliphatic rings. The molecule has 0 saturated heterocycles. The first-order valence-electron chi connectivity index (χ1n) is 4.63. The van der Waals surface area contributed by atoms with Crippen LogP contribution in [0.4, 0.5) is 0 Å². The van der Waals surface area contributed by atoms with Crippen LogP contribution >= 0.6 is 0 Å². The number of ketones is 1. The molecule has 0 bridgehead atoms. The van der Waals surface area contributed by atoms with Crippen LogP contribution in [0.3, 0.4) is 0 Å². The van der Waals surface area contributed by atoms with E-state index in [0.717, 1.165) is 6.42 Å². The first-order valence-corrected chi connectivity index (χ1v) is 4.63. The fourth-order valence-corrected chi connectivity index (χ4v) is 1.22. The molecule has 0 amide bonds. The Balaban J connectivity index is 4.09. The van der Waals surface area contributed by atoms with Crippen LogP contribution in [0.5, 0.6) is 0 Å². The summed E-state index contributed by atoms with van der Waals surface area (Å²) in [6.45, 7) is 5.14. The number of nitrogens with zero attached hydrogens (tertiary/aromatic N) is 1. The van der Waals surface area contributed by atoms with E-state index in [4.69, 9.17) is 0 Å². The van der Waals surface area contributed by atoms with Crippen molar-refractivity contribution in [2.45, 2.75) is 46.1 Å². The molecule has 0 fully saturated rings. The molecule has 4 nitrogen and oxygen atoms in total. The van der Waals surface area contributed by atoms with Crippen molar-refractivity contribution < 1.29 is 9.72 Å². The van der Waals surface area contributed by atoms with Gasteiger partial charge in [0.15, 0.2) is 0 Å². The Hall–Kier alpha value is -0.930. The van der Waals surface area contributed by atoms with Gasteiger partial charge in [-0.1, -0.05) is 13.8 Å². The van der Waals surface area contributed by atoms with Crippen LogP contribution in [-0.2, 0) is 4.79 Å². The molecule has 0 aromatic heterocycles. The third-order valence-electron chi connectivity index (χ3n) is 2.24. The summed E-state index contributed by atoms with van der Waals surface area (Å²) < 4.78 is 0. The van der Waals surface area contributed by atoms with Crippen LogP contribution in [0, 0.1) is 16.0 Å². The lowest BCUT2D eigenvalue weighted by Gasteiger charge is -2.11. The SMILES string of the molecule is CCCC(CC(C)C(C)=O)[N+](=O)[O-]. The third kappa shape index (κ3) is 4.60. The summed E-state index contributed by atoms with van der Waals surface area (Å²) in [5.41, 5.74) is 0. The molecule has 2 unspecified atom stereocenters. The summed E-state index contributed by atoms with van der Waals surface area (Å²) in [5, 5.41) is 10.5. The van der Waals surface area contributed by atoms with Crippen molar-refractivity contribution in [3.8, 4) is 0 Å². The van der Waals surface area contributed by atoms with Crippen molar-refractivity contribution in [2.75, 3.05) is 0 Å². The van der Waals surface area contributed by atoms with Gasteiger partial charge in [-0.3, -0.25) is 14.9 Å². The first kappa shape index (κ1) is 12.1. The van der Waals surface area contributed by atoms with Crippen LogP contribution < -0.4 is 0 Å². The van der Waals surface area contributed by atoms with Gasteiger partial charge in [0, 0.05) is 23.7 Å². The number of hydrogen-bond acceptors (Lipinski definition) is 3. The number of carbonyl (C=O) groups is 1. The van der Waals surface area contributed by atoms with Crippen molar-refractivity contribution in [3.05, 3.63) is 10.1 Å². The van der Waals surface area contributed by atoms with E-state index in [1.54, 1.807) is 6.92 Å². The number of carbonyl (C=O) groups excluding carboxylic acids is 1. The quantitative estimate of drug-likeness (QED) is 0.472. The molecule has 0 aliphatic heterocycles. The number of rotatable bonds is 6. The van der Waals surface area contributed by atoms with Gasteiger partial charge in [0.2, 0.25) is 6.04 Å². The van der Waals surface area contributed by atoms with Crippen LogP contribution in [0.15, 0.2) is 0 Å². The Kier molecular flexibility index (Phi) is 5.26. The zero-order valence-electron chi connectivity index (χ0n) is 8.45. The lowest BCUT2D eigenvalue weighted by atomic mass is 9.96. The molecule has 13 heavy (non-hydrogen) atoms. The summed E-state index contributed by atoms with van der Waals surface area (Å²) >= 11 is 0. The molecule has 76 valence electrons. The highest BCUT2D eigenvalue weighted by Gasteiger charge is 2.23. The van der Waals surface area contributed by atoms with Crippen molar-refractivity contribution in [1.29, 1.82) is 0 Å². The van der Waals surface area contributed by atoms with E-state index in [9.17, 15) is 14.9 Å². The normalized spacial score (nSPS) is 15.0. The minimum Gasteiger partial charge on any atom is -0.300 e. The molecule has 0 aromatic carbocycles. The monoisotopic (exact) mass is 187 g/mol. The molecule has 0 N–H and O–H groups in total. The van der Waals surface area contributed by atoms with Gasteiger partial charge >= 0.3 is 0 Å². The van der Waals surface area contributed by atoms with Gasteiger partial charge in [0.05, 0.1) is 0 Å². The highest BCUT2D eigenvalue weighted by Crippen LogP contribution is 2.13. The van der Waals surface area contributed by atoms with Gasteiger partial charge in [0.1, 0.15) is 5.78 Å². The molecule has 0 aliphatic carbocycles. The molecule has 0 aromatic rings. The van der Waals surface area contributed by atoms with Crippen LogP contribution in [0.25, 0.3) is 0 Å². The summed E-state index contributed by atoms with van der Waals surface area (Å²) in [6, 6.07) is -0.552. The second-order valence-electron chi connectivity index (χ2n) is 3.48. The van der Waals surface area contributed by atoms with Gasteiger partial charge in [0.25, 0.3) is 0 Å². The lowest BCUT2D eigenvalue weighted by Crippen LogP contribution is -2.24. The second-order valence-corrected chi connectivity index (χ2v) is 3.48. The highest BCUT2D eigenvalue weighted by molar-refractivity contribution is 5.77. The smallest absolute Gasteiger partial charge is 0.213 e. The van der Waals surface area contributed by atoms with Crippen molar-refractivity contribution in [2.24, 2.45) is 5.92 Å². The molecule has 0 saturated carbocycles. The number of Topliss-reactive ketones (excluding diaryl/α,β-unsaturated/α-hetero) is 1. The van der Waals surface area contributed by atoms with Gasteiger partial charge in [-0.15, -0.1) is 0 Å². The van der Waals surface area contributed by atoms with Gasteiger partial charge in [-0.05, 0) is 13.3 Å². The average molecular weight is 187 g/mol. The van der Waals surface area contributed by atoms with Gasteiger partial charge in [-0.2, -0.15) is 0 Å². The maximum atomic E-state index is 10.9. The molecule has 0 heterocycles. The number of nitro groups is 1. The molecular weight excluding hydrogens is 170 g/mol. The highest BCUT2D eigenvalue weighted by atomic mass is 16.6. The van der Waals surface area contributed by atoms with Crippen LogP contribution in [-0.4, -0.2) is 16.7 Å². The minimum atomic E-state index is -0.552. The van der Waals surface area contributed by atoms with E-state index in [-0.39, 0.29) is 16.6 Å². The fraction of sp³-hybridized carbons (Fsp3) is 0.889. The molecule has 4 heteroatoms. The Labute approximate surface area is 78.5 Å². The van der Waals surface area contributed by atoms with Gasteiger partial charge < -0.3 is 0 Å². The van der Waals surface area contributed by atoms with Crippen LogP contribution in [0.1, 0.15) is 40.0 Å². The molecule has 0 radical (unpaired) electrons. The zero-order chi connectivity index (χ0) is 10.4. The summed E-state index contributed by atoms with van der Waals surface area (Å²) in [6.07, 6.45) is 1.72. The van der Waals surface area contributed by atoms with Crippen molar-refractivity contribution in [1.82, 2.24) is 0 Å². The molecule has 0 spiro atoms. The Morgan fingerprint density at radius 2 is 2.08 bits per heavy atom. The van der Waals surface area contributed by atoms with Crippen molar-refractivity contribution in [3.63, 3.8) is 0 Å². The van der Waals surface area contributed by atoms with Crippen LogP contribution in [0.2, 0.25) is 0 Å². The summed E-state index contributed by atoms with van der Waals surface area (Å²) in [5.74, 6) is -0.162. The van der Waals surface area contributed by atoms with E-state index >= 15 is 0 Å². The Morgan fingerprint density at radius 3 is 2.38 bits per heavy atom. The molecule has 2 atom stereocenters.